The first-order valence-electron chi connectivity index (χ1n) is 11.6. The lowest BCUT2D eigenvalue weighted by Crippen LogP contribution is -2.48. The van der Waals surface area contributed by atoms with Crippen LogP contribution in [0.1, 0.15) is 38.6 Å². The smallest absolute Gasteiger partial charge is 0.322 e. The van der Waals surface area contributed by atoms with Gasteiger partial charge in [0.15, 0.2) is 0 Å². The summed E-state index contributed by atoms with van der Waals surface area (Å²) in [5, 5.41) is 2.91. The fourth-order valence-electron chi connectivity index (χ4n) is 3.57. The third-order valence-electron chi connectivity index (χ3n) is 5.79. The molecule has 8 nitrogen and oxygen atoms in total. The van der Waals surface area contributed by atoms with Crippen LogP contribution in [0.2, 0.25) is 0 Å². The molecule has 3 rings (SSSR count). The first-order chi connectivity index (χ1) is 16.4. The first-order valence-corrected chi connectivity index (χ1v) is 11.6. The standard InChI is InChI=1S/C26H34N4O4/c1-5-20(3)30(26(32)27-21-11-13-23(14-12-21)33-6-2)19-25(31)29(18-24-10-8-16-34-24)17-22-9-7-15-28(22)4/h7-16,20H,5-6,17-19H2,1-4H3,(H,27,32). The van der Waals surface area contributed by atoms with E-state index in [2.05, 4.69) is 5.32 Å². The second-order valence-electron chi connectivity index (χ2n) is 8.21. The highest BCUT2D eigenvalue weighted by Gasteiger charge is 2.26. The Balaban J connectivity index is 1.74. The van der Waals surface area contributed by atoms with Gasteiger partial charge in [-0.15, -0.1) is 0 Å². The number of carbonyl (C=O) groups is 2. The highest BCUT2D eigenvalue weighted by molar-refractivity contribution is 5.92. The molecule has 1 aromatic carbocycles. The van der Waals surface area contributed by atoms with E-state index >= 15 is 0 Å². The zero-order chi connectivity index (χ0) is 24.5. The molecular formula is C26H34N4O4. The average Bonchev–Trinajstić information content (AvgIpc) is 3.49. The van der Waals surface area contributed by atoms with Crippen LogP contribution in [-0.2, 0) is 24.9 Å². The number of furan rings is 1. The minimum atomic E-state index is -0.316. The molecule has 0 fully saturated rings. The molecule has 2 heterocycles. The number of hydrogen-bond acceptors (Lipinski definition) is 4. The highest BCUT2D eigenvalue weighted by atomic mass is 16.5. The topological polar surface area (TPSA) is 80.0 Å². The minimum absolute atomic E-state index is 0.0387. The average molecular weight is 467 g/mol. The molecule has 182 valence electrons. The monoisotopic (exact) mass is 466 g/mol. The Morgan fingerprint density at radius 3 is 2.44 bits per heavy atom. The maximum atomic E-state index is 13.4. The van der Waals surface area contributed by atoms with Gasteiger partial charge in [0, 0.05) is 30.7 Å². The Bertz CT molecular complexity index is 1040. The maximum Gasteiger partial charge on any atom is 0.322 e. The summed E-state index contributed by atoms with van der Waals surface area (Å²) in [6.45, 7) is 7.14. The van der Waals surface area contributed by atoms with Crippen LogP contribution >= 0.6 is 0 Å². The van der Waals surface area contributed by atoms with E-state index < -0.39 is 0 Å². The van der Waals surface area contributed by atoms with Crippen molar-refractivity contribution in [1.29, 1.82) is 0 Å². The second kappa shape index (κ2) is 12.0. The molecule has 0 radical (unpaired) electrons. The van der Waals surface area contributed by atoms with Crippen molar-refractivity contribution in [2.24, 2.45) is 7.05 Å². The summed E-state index contributed by atoms with van der Waals surface area (Å²) in [5.41, 5.74) is 1.64. The molecule has 1 unspecified atom stereocenters. The predicted molar refractivity (Wildman–Crippen MR) is 131 cm³/mol. The number of carbonyl (C=O) groups excluding carboxylic acids is 2. The van der Waals surface area contributed by atoms with Crippen molar-refractivity contribution in [3.05, 3.63) is 72.4 Å². The van der Waals surface area contributed by atoms with Crippen molar-refractivity contribution in [2.45, 2.75) is 46.3 Å². The van der Waals surface area contributed by atoms with Crippen molar-refractivity contribution in [2.75, 3.05) is 18.5 Å². The van der Waals surface area contributed by atoms with Gasteiger partial charge in [0.1, 0.15) is 18.1 Å². The van der Waals surface area contributed by atoms with E-state index in [0.717, 1.165) is 17.9 Å². The fourth-order valence-corrected chi connectivity index (χ4v) is 3.57. The molecule has 34 heavy (non-hydrogen) atoms. The highest BCUT2D eigenvalue weighted by Crippen LogP contribution is 2.18. The van der Waals surface area contributed by atoms with E-state index in [1.165, 1.54) is 0 Å². The fraction of sp³-hybridized carbons (Fsp3) is 0.385. The number of hydrogen-bond donors (Lipinski definition) is 1. The molecule has 3 amide bonds. The summed E-state index contributed by atoms with van der Waals surface area (Å²) >= 11 is 0. The van der Waals surface area contributed by atoms with Crippen LogP contribution in [0.15, 0.2) is 65.4 Å². The second-order valence-corrected chi connectivity index (χ2v) is 8.21. The van der Waals surface area contributed by atoms with Crippen LogP contribution < -0.4 is 10.1 Å². The predicted octanol–water partition coefficient (Wildman–Crippen LogP) is 4.88. The van der Waals surface area contributed by atoms with Gasteiger partial charge >= 0.3 is 6.03 Å². The SMILES string of the molecule is CCOc1ccc(NC(=O)N(CC(=O)N(Cc2ccco2)Cc2cccn2C)C(C)CC)cc1. The number of amides is 3. The lowest BCUT2D eigenvalue weighted by atomic mass is 10.2. The Labute approximate surface area is 201 Å². The molecule has 0 aliphatic carbocycles. The molecule has 3 aromatic rings. The van der Waals surface area contributed by atoms with E-state index in [1.54, 1.807) is 34.3 Å². The molecule has 1 atom stereocenters. The summed E-state index contributed by atoms with van der Waals surface area (Å²) in [4.78, 5) is 29.9. The summed E-state index contributed by atoms with van der Waals surface area (Å²) in [7, 11) is 1.95. The van der Waals surface area contributed by atoms with Gasteiger partial charge in [-0.25, -0.2) is 4.79 Å². The molecular weight excluding hydrogens is 432 g/mol. The molecule has 2 aromatic heterocycles. The Morgan fingerprint density at radius 1 is 1.09 bits per heavy atom. The summed E-state index contributed by atoms with van der Waals surface area (Å²) < 4.78 is 12.9. The molecule has 1 N–H and O–H groups in total. The van der Waals surface area contributed by atoms with Gasteiger partial charge in [0.2, 0.25) is 5.91 Å². The lowest BCUT2D eigenvalue weighted by Gasteiger charge is -2.31. The van der Waals surface area contributed by atoms with E-state index in [4.69, 9.17) is 9.15 Å². The van der Waals surface area contributed by atoms with Crippen molar-refractivity contribution in [1.82, 2.24) is 14.4 Å². The molecule has 0 spiro atoms. The number of ether oxygens (including phenoxy) is 1. The number of anilines is 1. The normalized spacial score (nSPS) is 11.6. The molecule has 0 saturated heterocycles. The van der Waals surface area contributed by atoms with Crippen LogP contribution in [0.25, 0.3) is 0 Å². The number of nitrogens with zero attached hydrogens (tertiary/aromatic N) is 3. The number of nitrogens with one attached hydrogen (secondary N) is 1. The van der Waals surface area contributed by atoms with Gasteiger partial charge in [-0.2, -0.15) is 0 Å². The quantitative estimate of drug-likeness (QED) is 0.437. The zero-order valence-corrected chi connectivity index (χ0v) is 20.4. The van der Waals surface area contributed by atoms with Crippen molar-refractivity contribution in [3.63, 3.8) is 0 Å². The third kappa shape index (κ3) is 6.66. The van der Waals surface area contributed by atoms with Gasteiger partial charge in [0.25, 0.3) is 0 Å². The summed E-state index contributed by atoms with van der Waals surface area (Å²) in [5.74, 6) is 1.28. The van der Waals surface area contributed by atoms with Gasteiger partial charge < -0.3 is 28.8 Å². The van der Waals surface area contributed by atoms with Crippen LogP contribution in [-0.4, -0.2) is 45.5 Å². The third-order valence-corrected chi connectivity index (χ3v) is 5.79. The number of aryl methyl sites for hydroxylation is 1. The van der Waals surface area contributed by atoms with E-state index in [1.807, 2.05) is 68.9 Å². The number of urea groups is 1. The minimum Gasteiger partial charge on any atom is -0.494 e. The van der Waals surface area contributed by atoms with Gasteiger partial charge in [-0.05, 0) is 68.8 Å². The Kier molecular flexibility index (Phi) is 8.79. The molecule has 0 saturated carbocycles. The Morgan fingerprint density at radius 2 is 1.85 bits per heavy atom. The first kappa shape index (κ1) is 25.0. The molecule has 0 bridgehead atoms. The molecule has 0 aliphatic heterocycles. The number of benzene rings is 1. The maximum absolute atomic E-state index is 13.4. The van der Waals surface area contributed by atoms with Crippen molar-refractivity contribution < 1.29 is 18.7 Å². The van der Waals surface area contributed by atoms with Crippen molar-refractivity contribution in [3.8, 4) is 5.75 Å². The van der Waals surface area contributed by atoms with Gasteiger partial charge in [0.05, 0.1) is 26.0 Å². The van der Waals surface area contributed by atoms with Crippen LogP contribution in [0.3, 0.4) is 0 Å². The van der Waals surface area contributed by atoms with Gasteiger partial charge in [-0.3, -0.25) is 4.79 Å². The molecule has 0 aliphatic rings. The van der Waals surface area contributed by atoms with Crippen LogP contribution in [0, 0.1) is 0 Å². The largest absolute Gasteiger partial charge is 0.494 e. The Hall–Kier alpha value is -3.68. The van der Waals surface area contributed by atoms with E-state index in [0.29, 0.717) is 31.1 Å². The molecule has 8 heteroatoms. The van der Waals surface area contributed by atoms with E-state index in [9.17, 15) is 9.59 Å². The van der Waals surface area contributed by atoms with Crippen LogP contribution in [0.5, 0.6) is 5.75 Å². The summed E-state index contributed by atoms with van der Waals surface area (Å²) in [6.07, 6.45) is 4.26. The summed E-state index contributed by atoms with van der Waals surface area (Å²) in [6, 6.07) is 14.3. The van der Waals surface area contributed by atoms with Crippen molar-refractivity contribution >= 4 is 17.6 Å². The van der Waals surface area contributed by atoms with Crippen LogP contribution in [0.4, 0.5) is 10.5 Å². The lowest BCUT2D eigenvalue weighted by molar-refractivity contribution is -0.133. The van der Waals surface area contributed by atoms with Gasteiger partial charge in [-0.1, -0.05) is 6.92 Å². The number of rotatable bonds is 11. The number of aromatic nitrogens is 1. The zero-order valence-electron chi connectivity index (χ0n) is 20.4. The van der Waals surface area contributed by atoms with E-state index in [-0.39, 0.29) is 24.5 Å².